The highest BCUT2D eigenvalue weighted by atomic mass is 79.9. The van der Waals surface area contributed by atoms with Crippen LogP contribution in [0.5, 0.6) is 0 Å². The smallest absolute Gasteiger partial charge is 0.251 e. The second kappa shape index (κ2) is 8.37. The molecule has 0 radical (unpaired) electrons. The van der Waals surface area contributed by atoms with Gasteiger partial charge in [0, 0.05) is 35.1 Å². The van der Waals surface area contributed by atoms with Gasteiger partial charge in [0.15, 0.2) is 0 Å². The lowest BCUT2D eigenvalue weighted by molar-refractivity contribution is 0.0730. The van der Waals surface area contributed by atoms with Crippen molar-refractivity contribution >= 4 is 31.9 Å². The molecular weight excluding hydrogens is 475 g/mol. The van der Waals surface area contributed by atoms with Crippen LogP contribution >= 0.6 is 15.9 Å². The van der Waals surface area contributed by atoms with Crippen LogP contribution in [0.25, 0.3) is 0 Å². The van der Waals surface area contributed by atoms with Gasteiger partial charge in [0.1, 0.15) is 5.82 Å². The fourth-order valence-corrected chi connectivity index (χ4v) is 6.00. The fourth-order valence-electron chi connectivity index (χ4n) is 3.64. The van der Waals surface area contributed by atoms with E-state index in [0.29, 0.717) is 24.2 Å². The van der Waals surface area contributed by atoms with Crippen molar-refractivity contribution in [2.75, 3.05) is 32.8 Å². The summed E-state index contributed by atoms with van der Waals surface area (Å²) in [4.78, 5) is 12.8. The second-order valence-corrected chi connectivity index (χ2v) is 10.4. The van der Waals surface area contributed by atoms with Crippen LogP contribution in [0, 0.1) is 5.82 Å². The van der Waals surface area contributed by atoms with E-state index in [4.69, 9.17) is 4.74 Å². The number of morpholine rings is 1. The largest absolute Gasteiger partial charge is 0.379 e. The van der Waals surface area contributed by atoms with Gasteiger partial charge in [0.05, 0.1) is 18.1 Å². The summed E-state index contributed by atoms with van der Waals surface area (Å²) in [6.45, 7) is 1.68. The maximum atomic E-state index is 13.2. The number of halogens is 2. The van der Waals surface area contributed by atoms with Crippen LogP contribution in [-0.2, 0) is 20.2 Å². The lowest BCUT2D eigenvalue weighted by Crippen LogP contribution is -2.40. The molecule has 4 rings (SSSR count). The molecule has 2 fully saturated rings. The Morgan fingerprint density at radius 1 is 1.13 bits per heavy atom. The molecule has 0 bridgehead atoms. The van der Waals surface area contributed by atoms with Crippen LogP contribution in [0.15, 0.2) is 51.8 Å². The Bertz CT molecular complexity index is 1050. The lowest BCUT2D eigenvalue weighted by atomic mass is 9.96. The Morgan fingerprint density at radius 3 is 2.43 bits per heavy atom. The van der Waals surface area contributed by atoms with Crippen molar-refractivity contribution in [1.29, 1.82) is 0 Å². The van der Waals surface area contributed by atoms with Crippen LogP contribution in [0.2, 0.25) is 0 Å². The molecule has 2 aromatic carbocycles. The van der Waals surface area contributed by atoms with Crippen LogP contribution in [0.3, 0.4) is 0 Å². The number of rotatable bonds is 6. The molecule has 1 saturated heterocycles. The Morgan fingerprint density at radius 2 is 1.80 bits per heavy atom. The molecule has 0 unspecified atom stereocenters. The number of nitrogens with one attached hydrogen (secondary N) is 1. The highest BCUT2D eigenvalue weighted by molar-refractivity contribution is 9.10. The second-order valence-electron chi connectivity index (χ2n) is 7.63. The van der Waals surface area contributed by atoms with E-state index < -0.39 is 10.0 Å². The summed E-state index contributed by atoms with van der Waals surface area (Å²) in [6, 6.07) is 10.9. The molecule has 160 valence electrons. The summed E-state index contributed by atoms with van der Waals surface area (Å²) in [6.07, 6.45) is 1.83. The summed E-state index contributed by atoms with van der Waals surface area (Å²) in [5.41, 5.74) is 1.09. The summed E-state index contributed by atoms with van der Waals surface area (Å²) >= 11 is 3.30. The SMILES string of the molecule is O=C(NCC1(c2ccc(F)cc2)CC1)c1ccc(Br)c(S(=O)(=O)N2CCOCC2)c1. The zero-order valence-corrected chi connectivity index (χ0v) is 18.6. The van der Waals surface area contributed by atoms with E-state index in [9.17, 15) is 17.6 Å². The summed E-state index contributed by atoms with van der Waals surface area (Å²) < 4.78 is 46.2. The van der Waals surface area contributed by atoms with Gasteiger partial charge in [-0.25, -0.2) is 12.8 Å². The molecule has 1 saturated carbocycles. The molecule has 0 atom stereocenters. The number of ether oxygens (including phenoxy) is 1. The van der Waals surface area contributed by atoms with Gasteiger partial charge < -0.3 is 10.1 Å². The normalized spacial score (nSPS) is 18.7. The third-order valence-corrected chi connectivity index (χ3v) is 8.57. The van der Waals surface area contributed by atoms with Gasteiger partial charge in [-0.05, 0) is 64.7 Å². The number of sulfonamides is 1. The number of amides is 1. The molecule has 2 aromatic rings. The molecule has 2 aliphatic rings. The van der Waals surface area contributed by atoms with Gasteiger partial charge in [-0.2, -0.15) is 4.31 Å². The van der Waals surface area contributed by atoms with E-state index in [0.717, 1.165) is 18.4 Å². The minimum Gasteiger partial charge on any atom is -0.379 e. The van der Waals surface area contributed by atoms with Gasteiger partial charge in [0.2, 0.25) is 10.0 Å². The monoisotopic (exact) mass is 496 g/mol. The van der Waals surface area contributed by atoms with E-state index >= 15 is 0 Å². The molecule has 6 nitrogen and oxygen atoms in total. The standard InChI is InChI=1S/C21H22BrFN2O4S/c22-18-6-1-15(13-19(18)30(27,28)25-9-11-29-12-10-25)20(26)24-14-21(7-8-21)16-2-4-17(23)5-3-16/h1-6,13H,7-12,14H2,(H,24,26). The molecular formula is C21H22BrFN2O4S. The number of benzene rings is 2. The first-order chi connectivity index (χ1) is 14.3. The van der Waals surface area contributed by atoms with Crippen molar-refractivity contribution in [2.24, 2.45) is 0 Å². The van der Waals surface area contributed by atoms with Crippen molar-refractivity contribution < 1.29 is 22.3 Å². The predicted octanol–water partition coefficient (Wildman–Crippen LogP) is 3.07. The minimum absolute atomic E-state index is 0.0664. The van der Waals surface area contributed by atoms with E-state index in [2.05, 4.69) is 21.2 Å². The Hall–Kier alpha value is -1.81. The third-order valence-electron chi connectivity index (χ3n) is 5.68. The number of carbonyl (C=O) groups is 1. The summed E-state index contributed by atoms with van der Waals surface area (Å²) in [7, 11) is -3.74. The molecule has 1 amide bonds. The average molecular weight is 497 g/mol. The third kappa shape index (κ3) is 4.30. The number of nitrogens with zero attached hydrogens (tertiary/aromatic N) is 1. The van der Waals surface area contributed by atoms with E-state index in [-0.39, 0.29) is 40.7 Å². The number of hydrogen-bond acceptors (Lipinski definition) is 4. The molecule has 9 heteroatoms. The highest BCUT2D eigenvalue weighted by Crippen LogP contribution is 2.47. The van der Waals surface area contributed by atoms with Crippen molar-refractivity contribution in [3.8, 4) is 0 Å². The van der Waals surface area contributed by atoms with Gasteiger partial charge in [0.25, 0.3) is 5.91 Å². The van der Waals surface area contributed by atoms with E-state index in [1.165, 1.54) is 22.5 Å². The summed E-state index contributed by atoms with van der Waals surface area (Å²) in [5, 5.41) is 2.92. The van der Waals surface area contributed by atoms with Gasteiger partial charge in [-0.3, -0.25) is 4.79 Å². The van der Waals surface area contributed by atoms with E-state index in [1.54, 1.807) is 24.3 Å². The van der Waals surface area contributed by atoms with Crippen molar-refractivity contribution in [3.05, 3.63) is 63.9 Å². The summed E-state index contributed by atoms with van der Waals surface area (Å²) in [5.74, 6) is -0.628. The fraction of sp³-hybridized carbons (Fsp3) is 0.381. The van der Waals surface area contributed by atoms with Crippen LogP contribution in [-0.4, -0.2) is 51.5 Å². The highest BCUT2D eigenvalue weighted by Gasteiger charge is 2.44. The van der Waals surface area contributed by atoms with Gasteiger partial charge in [-0.1, -0.05) is 12.1 Å². The zero-order valence-electron chi connectivity index (χ0n) is 16.2. The maximum Gasteiger partial charge on any atom is 0.251 e. The van der Waals surface area contributed by atoms with E-state index in [1.807, 2.05) is 0 Å². The van der Waals surface area contributed by atoms with Crippen molar-refractivity contribution in [3.63, 3.8) is 0 Å². The minimum atomic E-state index is -3.74. The zero-order chi connectivity index (χ0) is 21.4. The van der Waals surface area contributed by atoms with Crippen molar-refractivity contribution in [2.45, 2.75) is 23.2 Å². The Balaban J connectivity index is 1.50. The Kier molecular flexibility index (Phi) is 5.98. The molecule has 1 N–H and O–H groups in total. The predicted molar refractivity (Wildman–Crippen MR) is 113 cm³/mol. The average Bonchev–Trinajstić information content (AvgIpc) is 3.54. The molecule has 0 aromatic heterocycles. The molecule has 1 aliphatic carbocycles. The lowest BCUT2D eigenvalue weighted by Gasteiger charge is -2.26. The molecule has 1 heterocycles. The van der Waals surface area contributed by atoms with Crippen molar-refractivity contribution in [1.82, 2.24) is 9.62 Å². The van der Waals surface area contributed by atoms with Crippen LogP contribution < -0.4 is 5.32 Å². The van der Waals surface area contributed by atoms with Crippen LogP contribution in [0.4, 0.5) is 4.39 Å². The molecule has 1 aliphatic heterocycles. The quantitative estimate of drug-likeness (QED) is 0.666. The first kappa shape index (κ1) is 21.4. The topological polar surface area (TPSA) is 75.7 Å². The molecule has 0 spiro atoms. The maximum absolute atomic E-state index is 13.2. The first-order valence-electron chi connectivity index (χ1n) is 9.74. The first-order valence-corrected chi connectivity index (χ1v) is 12.0. The van der Waals surface area contributed by atoms with Gasteiger partial charge >= 0.3 is 0 Å². The Labute approximate surface area is 183 Å². The van der Waals surface area contributed by atoms with Gasteiger partial charge in [-0.15, -0.1) is 0 Å². The molecule has 30 heavy (non-hydrogen) atoms. The number of hydrogen-bond donors (Lipinski definition) is 1. The van der Waals surface area contributed by atoms with Crippen LogP contribution in [0.1, 0.15) is 28.8 Å². The number of carbonyl (C=O) groups excluding carboxylic acids is 1.